The number of nitrogens with zero attached hydrogens (tertiary/aromatic N) is 2. The van der Waals surface area contributed by atoms with Gasteiger partial charge in [-0.25, -0.2) is 8.42 Å². The number of rotatable bonds is 4. The minimum Gasteiger partial charge on any atom is -0.497 e. The molecule has 1 spiro atoms. The summed E-state index contributed by atoms with van der Waals surface area (Å²) in [5, 5.41) is 0. The van der Waals surface area contributed by atoms with Crippen molar-refractivity contribution in [2.45, 2.75) is 17.7 Å². The zero-order valence-electron chi connectivity index (χ0n) is 13.9. The van der Waals surface area contributed by atoms with Gasteiger partial charge in [0, 0.05) is 36.7 Å². The summed E-state index contributed by atoms with van der Waals surface area (Å²) in [7, 11) is 1.65. The summed E-state index contributed by atoms with van der Waals surface area (Å²) in [6, 6.07) is 4.78. The molecule has 0 radical (unpaired) electrons. The Morgan fingerprint density at radius 2 is 1.52 bits per heavy atom. The number of sulfonamides is 1. The maximum atomic E-state index is 12.8. The van der Waals surface area contributed by atoms with Crippen molar-refractivity contribution in [3.63, 3.8) is 0 Å². The first-order chi connectivity index (χ1) is 10.9. The van der Waals surface area contributed by atoms with Gasteiger partial charge < -0.3 is 14.4 Å². The van der Waals surface area contributed by atoms with E-state index >= 15 is 0 Å². The summed E-state index contributed by atoms with van der Waals surface area (Å²) in [6.45, 7) is 3.31. The zero-order valence-corrected chi connectivity index (χ0v) is 14.7. The average molecular weight is 340 g/mol. The van der Waals surface area contributed by atoms with Crippen molar-refractivity contribution in [3.8, 4) is 11.5 Å². The third-order valence-electron chi connectivity index (χ3n) is 5.03. The van der Waals surface area contributed by atoms with Crippen molar-refractivity contribution < 1.29 is 17.9 Å². The maximum absolute atomic E-state index is 12.8. The third kappa shape index (κ3) is 3.05. The highest BCUT2D eigenvalue weighted by Gasteiger charge is 2.49. The van der Waals surface area contributed by atoms with Crippen LogP contribution in [-0.4, -0.2) is 65.1 Å². The number of methoxy groups -OCH3 is 2. The van der Waals surface area contributed by atoms with Crippen LogP contribution in [0.3, 0.4) is 0 Å². The maximum Gasteiger partial charge on any atom is 0.243 e. The fourth-order valence-electron chi connectivity index (χ4n) is 3.36. The Hall–Kier alpha value is -1.31. The van der Waals surface area contributed by atoms with Gasteiger partial charge in [0.25, 0.3) is 0 Å². The molecule has 2 aliphatic heterocycles. The van der Waals surface area contributed by atoms with Gasteiger partial charge in [0.05, 0.1) is 19.1 Å². The fourth-order valence-corrected chi connectivity index (χ4v) is 5.08. The lowest BCUT2D eigenvalue weighted by Crippen LogP contribution is -2.61. The summed E-state index contributed by atoms with van der Waals surface area (Å²) in [6.07, 6.45) is 2.13. The molecule has 0 aliphatic carbocycles. The minimum atomic E-state index is -3.50. The predicted molar refractivity (Wildman–Crippen MR) is 87.5 cm³/mol. The van der Waals surface area contributed by atoms with E-state index in [0.29, 0.717) is 24.6 Å². The van der Waals surface area contributed by atoms with Gasteiger partial charge in [-0.2, -0.15) is 4.31 Å². The lowest BCUT2D eigenvalue weighted by atomic mass is 9.73. The Kier molecular flexibility index (Phi) is 4.29. The van der Waals surface area contributed by atoms with Crippen LogP contribution in [0.15, 0.2) is 23.1 Å². The number of ether oxygens (including phenoxy) is 2. The van der Waals surface area contributed by atoms with E-state index in [1.807, 2.05) is 0 Å². The Morgan fingerprint density at radius 3 is 2.00 bits per heavy atom. The normalized spacial score (nSPS) is 21.9. The Balaban J connectivity index is 1.78. The number of hydrogen-bond donors (Lipinski definition) is 0. The van der Waals surface area contributed by atoms with E-state index in [-0.39, 0.29) is 10.3 Å². The first-order valence-electron chi connectivity index (χ1n) is 7.80. The van der Waals surface area contributed by atoms with Gasteiger partial charge >= 0.3 is 0 Å². The van der Waals surface area contributed by atoms with Gasteiger partial charge in [0.2, 0.25) is 10.0 Å². The second-order valence-corrected chi connectivity index (χ2v) is 8.56. The molecule has 0 unspecified atom stereocenters. The van der Waals surface area contributed by atoms with Crippen LogP contribution in [0.1, 0.15) is 12.8 Å². The van der Waals surface area contributed by atoms with Crippen LogP contribution in [0.25, 0.3) is 0 Å². The molecule has 2 saturated heterocycles. The summed E-state index contributed by atoms with van der Waals surface area (Å²) >= 11 is 0. The summed E-state index contributed by atoms with van der Waals surface area (Å²) in [5.41, 5.74) is 0.169. The molecule has 3 rings (SSSR count). The van der Waals surface area contributed by atoms with E-state index in [0.717, 1.165) is 25.9 Å². The molecule has 2 aliphatic rings. The van der Waals surface area contributed by atoms with Gasteiger partial charge in [-0.15, -0.1) is 0 Å². The molecule has 0 N–H and O–H groups in total. The van der Waals surface area contributed by atoms with Crippen LogP contribution < -0.4 is 9.47 Å². The molecule has 0 bridgehead atoms. The first-order valence-corrected chi connectivity index (χ1v) is 9.24. The molecule has 0 saturated carbocycles. The van der Waals surface area contributed by atoms with E-state index in [2.05, 4.69) is 11.9 Å². The van der Waals surface area contributed by atoms with Crippen molar-refractivity contribution in [1.29, 1.82) is 0 Å². The molecule has 0 atom stereocenters. The fraction of sp³-hybridized carbons (Fsp3) is 0.625. The van der Waals surface area contributed by atoms with E-state index in [1.54, 1.807) is 22.5 Å². The van der Waals surface area contributed by atoms with Crippen LogP contribution in [0.4, 0.5) is 0 Å². The molecule has 6 nitrogen and oxygen atoms in total. The molecule has 1 aromatic rings. The van der Waals surface area contributed by atoms with Crippen LogP contribution in [0.2, 0.25) is 0 Å². The zero-order chi connectivity index (χ0) is 16.7. The van der Waals surface area contributed by atoms with Crippen molar-refractivity contribution in [3.05, 3.63) is 18.2 Å². The number of likely N-dealkylation sites (tertiary alicyclic amines) is 1. The molecular weight excluding hydrogens is 316 g/mol. The molecule has 7 heteroatoms. The number of hydrogen-bond acceptors (Lipinski definition) is 5. The van der Waals surface area contributed by atoms with Gasteiger partial charge in [-0.05, 0) is 33.0 Å². The first kappa shape index (κ1) is 16.5. The highest BCUT2D eigenvalue weighted by Crippen LogP contribution is 2.43. The number of piperidine rings is 1. The Bertz CT molecular complexity index is 651. The van der Waals surface area contributed by atoms with Gasteiger partial charge in [-0.1, -0.05) is 0 Å². The predicted octanol–water partition coefficient (Wildman–Crippen LogP) is 1.42. The second kappa shape index (κ2) is 5.96. The minimum absolute atomic E-state index is 0.169. The second-order valence-electron chi connectivity index (χ2n) is 6.62. The molecule has 2 heterocycles. The van der Waals surface area contributed by atoms with Crippen LogP contribution in [0, 0.1) is 5.41 Å². The highest BCUT2D eigenvalue weighted by atomic mass is 32.2. The summed E-state index contributed by atoms with van der Waals surface area (Å²) in [5.74, 6) is 0.968. The van der Waals surface area contributed by atoms with Gasteiger partial charge in [0.1, 0.15) is 11.5 Å². The van der Waals surface area contributed by atoms with E-state index in [1.165, 1.54) is 14.2 Å². The lowest BCUT2D eigenvalue weighted by molar-refractivity contribution is 0.00751. The van der Waals surface area contributed by atoms with Crippen LogP contribution in [0.5, 0.6) is 11.5 Å². The Labute approximate surface area is 138 Å². The van der Waals surface area contributed by atoms with Crippen LogP contribution in [-0.2, 0) is 10.0 Å². The van der Waals surface area contributed by atoms with Crippen molar-refractivity contribution in [2.75, 3.05) is 47.4 Å². The largest absolute Gasteiger partial charge is 0.497 e. The highest BCUT2D eigenvalue weighted by molar-refractivity contribution is 7.89. The van der Waals surface area contributed by atoms with Crippen molar-refractivity contribution in [2.24, 2.45) is 5.41 Å². The molecule has 2 fully saturated rings. The quantitative estimate of drug-likeness (QED) is 0.830. The molecular formula is C16H24N2O4S. The van der Waals surface area contributed by atoms with Gasteiger partial charge in [-0.3, -0.25) is 0 Å². The van der Waals surface area contributed by atoms with Gasteiger partial charge in [0.15, 0.2) is 0 Å². The van der Waals surface area contributed by atoms with Crippen molar-refractivity contribution >= 4 is 10.0 Å². The third-order valence-corrected chi connectivity index (χ3v) is 6.80. The van der Waals surface area contributed by atoms with E-state index in [9.17, 15) is 8.42 Å². The standard InChI is InChI=1S/C16H24N2O4S/c1-17-6-4-16(5-7-17)11-18(12-16)23(19,20)15-9-13(21-2)8-14(10-15)22-3/h8-10H,4-7,11-12H2,1-3H3. The summed E-state index contributed by atoms with van der Waals surface area (Å²) in [4.78, 5) is 2.53. The van der Waals surface area contributed by atoms with Crippen molar-refractivity contribution in [1.82, 2.24) is 9.21 Å². The smallest absolute Gasteiger partial charge is 0.243 e. The monoisotopic (exact) mass is 340 g/mol. The van der Waals surface area contributed by atoms with E-state index < -0.39 is 10.0 Å². The topological polar surface area (TPSA) is 59.1 Å². The SMILES string of the molecule is COc1cc(OC)cc(S(=O)(=O)N2CC3(CCN(C)CC3)C2)c1. The molecule has 0 amide bonds. The van der Waals surface area contributed by atoms with Crippen LogP contribution >= 0.6 is 0 Å². The average Bonchev–Trinajstić information content (AvgIpc) is 2.53. The lowest BCUT2D eigenvalue weighted by Gasteiger charge is -2.52. The molecule has 1 aromatic carbocycles. The number of benzene rings is 1. The molecule has 23 heavy (non-hydrogen) atoms. The van der Waals surface area contributed by atoms with E-state index in [4.69, 9.17) is 9.47 Å². The summed E-state index contributed by atoms with van der Waals surface area (Å²) < 4.78 is 37.6. The molecule has 128 valence electrons. The Morgan fingerprint density at radius 1 is 1.00 bits per heavy atom. The molecule has 0 aromatic heterocycles.